The number of benzene rings is 2. The quantitative estimate of drug-likeness (QED) is 0.707. The van der Waals surface area contributed by atoms with Crippen LogP contribution in [0.5, 0.6) is 5.75 Å². The molecule has 1 fully saturated rings. The van der Waals surface area contributed by atoms with E-state index in [2.05, 4.69) is 15.9 Å². The van der Waals surface area contributed by atoms with Crippen LogP contribution in [0.2, 0.25) is 0 Å². The Morgan fingerprint density at radius 3 is 2.04 bits per heavy atom. The monoisotopic (exact) mass is 402 g/mol. The minimum Gasteiger partial charge on any atom is -0.497 e. The highest BCUT2D eigenvalue weighted by molar-refractivity contribution is 9.10. The van der Waals surface area contributed by atoms with Gasteiger partial charge >= 0.3 is 6.03 Å². The summed E-state index contributed by atoms with van der Waals surface area (Å²) in [6, 6.07) is 14.9. The molecule has 1 heterocycles. The molecular weight excluding hydrogens is 384 g/mol. The van der Waals surface area contributed by atoms with Crippen molar-refractivity contribution in [1.29, 1.82) is 0 Å². The van der Waals surface area contributed by atoms with Gasteiger partial charge in [0.1, 0.15) is 12.0 Å². The first kappa shape index (κ1) is 17.5. The van der Waals surface area contributed by atoms with Crippen molar-refractivity contribution in [3.63, 3.8) is 0 Å². The van der Waals surface area contributed by atoms with Crippen molar-refractivity contribution in [3.8, 4) is 5.75 Å². The van der Waals surface area contributed by atoms with Gasteiger partial charge in [-0.15, -0.1) is 0 Å². The SMILES string of the molecule is COc1ccc(N2CC(CC=O)CN(c3ccc(Br)cc3)C2=O)cc1. The Bertz CT molecular complexity index is 746. The molecule has 3 rings (SSSR count). The second-order valence-corrected chi connectivity index (χ2v) is 6.86. The molecule has 2 aromatic rings. The lowest BCUT2D eigenvalue weighted by Crippen LogP contribution is -2.54. The minimum atomic E-state index is -0.0883. The first-order valence-electron chi connectivity index (χ1n) is 8.04. The van der Waals surface area contributed by atoms with E-state index in [4.69, 9.17) is 4.74 Å². The Labute approximate surface area is 155 Å². The summed E-state index contributed by atoms with van der Waals surface area (Å²) < 4.78 is 6.14. The number of hydrogen-bond acceptors (Lipinski definition) is 3. The number of urea groups is 1. The standard InChI is InChI=1S/C19H19BrN2O3/c1-25-18-8-6-17(7-9-18)22-13-14(10-11-23)12-21(19(22)24)16-4-2-15(20)3-5-16/h2-9,11,14H,10,12-13H2,1H3. The third-order valence-corrected chi connectivity index (χ3v) is 4.82. The summed E-state index contributed by atoms with van der Waals surface area (Å²) in [6.07, 6.45) is 1.35. The van der Waals surface area contributed by atoms with E-state index in [9.17, 15) is 9.59 Å². The van der Waals surface area contributed by atoms with Gasteiger partial charge in [-0.3, -0.25) is 9.80 Å². The van der Waals surface area contributed by atoms with Gasteiger partial charge < -0.3 is 9.53 Å². The van der Waals surface area contributed by atoms with Crippen LogP contribution in [0.3, 0.4) is 0 Å². The van der Waals surface area contributed by atoms with Crippen LogP contribution in [-0.2, 0) is 4.79 Å². The van der Waals surface area contributed by atoms with Gasteiger partial charge in [-0.1, -0.05) is 15.9 Å². The fraction of sp³-hybridized carbons (Fsp3) is 0.263. The molecule has 0 spiro atoms. The van der Waals surface area contributed by atoms with E-state index in [1.807, 2.05) is 48.5 Å². The molecule has 25 heavy (non-hydrogen) atoms. The zero-order valence-corrected chi connectivity index (χ0v) is 15.5. The summed E-state index contributed by atoms with van der Waals surface area (Å²) in [6.45, 7) is 1.06. The Balaban J connectivity index is 1.91. The van der Waals surface area contributed by atoms with Crippen molar-refractivity contribution in [2.75, 3.05) is 30.0 Å². The van der Waals surface area contributed by atoms with Gasteiger partial charge in [-0.2, -0.15) is 0 Å². The lowest BCUT2D eigenvalue weighted by Gasteiger charge is -2.39. The summed E-state index contributed by atoms with van der Waals surface area (Å²) >= 11 is 3.41. The summed E-state index contributed by atoms with van der Waals surface area (Å²) in [4.78, 5) is 27.5. The van der Waals surface area contributed by atoms with Crippen molar-refractivity contribution in [2.45, 2.75) is 6.42 Å². The van der Waals surface area contributed by atoms with Crippen molar-refractivity contribution in [2.24, 2.45) is 5.92 Å². The number of rotatable bonds is 5. The molecule has 0 radical (unpaired) electrons. The maximum atomic E-state index is 13.0. The zero-order chi connectivity index (χ0) is 17.8. The molecule has 2 aromatic carbocycles. The lowest BCUT2D eigenvalue weighted by atomic mass is 10.0. The fourth-order valence-corrected chi connectivity index (χ4v) is 3.24. The molecule has 0 aliphatic carbocycles. The predicted molar refractivity (Wildman–Crippen MR) is 101 cm³/mol. The normalized spacial score (nSPS) is 17.5. The molecule has 2 amide bonds. The molecule has 0 N–H and O–H groups in total. The molecular formula is C19H19BrN2O3. The number of anilines is 2. The van der Waals surface area contributed by atoms with E-state index in [0.29, 0.717) is 19.5 Å². The van der Waals surface area contributed by atoms with Gasteiger partial charge in [-0.05, 0) is 48.5 Å². The molecule has 1 saturated heterocycles. The van der Waals surface area contributed by atoms with Crippen LogP contribution in [0.4, 0.5) is 16.2 Å². The van der Waals surface area contributed by atoms with Crippen LogP contribution in [0, 0.1) is 5.92 Å². The Hall–Kier alpha value is -2.34. The number of halogens is 1. The Kier molecular flexibility index (Phi) is 5.38. The van der Waals surface area contributed by atoms with E-state index in [1.165, 1.54) is 0 Å². The molecule has 5 nitrogen and oxygen atoms in total. The van der Waals surface area contributed by atoms with Crippen LogP contribution in [0.15, 0.2) is 53.0 Å². The van der Waals surface area contributed by atoms with Gasteiger partial charge in [0.05, 0.1) is 7.11 Å². The van der Waals surface area contributed by atoms with Gasteiger partial charge in [0.15, 0.2) is 0 Å². The van der Waals surface area contributed by atoms with E-state index in [0.717, 1.165) is 27.9 Å². The first-order valence-corrected chi connectivity index (χ1v) is 8.84. The molecule has 6 heteroatoms. The maximum absolute atomic E-state index is 13.0. The molecule has 0 saturated carbocycles. The van der Waals surface area contributed by atoms with Gasteiger partial charge in [0.2, 0.25) is 0 Å². The number of methoxy groups -OCH3 is 1. The molecule has 1 unspecified atom stereocenters. The second-order valence-electron chi connectivity index (χ2n) is 5.95. The summed E-state index contributed by atoms with van der Waals surface area (Å²) in [7, 11) is 1.61. The highest BCUT2D eigenvalue weighted by atomic mass is 79.9. The van der Waals surface area contributed by atoms with Crippen molar-refractivity contribution < 1.29 is 14.3 Å². The van der Waals surface area contributed by atoms with Gasteiger partial charge in [0.25, 0.3) is 0 Å². The zero-order valence-electron chi connectivity index (χ0n) is 13.9. The Morgan fingerprint density at radius 2 is 1.56 bits per heavy atom. The average Bonchev–Trinajstić information content (AvgIpc) is 2.64. The number of nitrogens with zero attached hydrogens (tertiary/aromatic N) is 2. The first-order chi connectivity index (χ1) is 12.1. The molecule has 1 aliphatic rings. The molecule has 1 atom stereocenters. The van der Waals surface area contributed by atoms with Crippen LogP contribution in [0.25, 0.3) is 0 Å². The number of amides is 2. The van der Waals surface area contributed by atoms with Crippen LogP contribution in [-0.4, -0.2) is 32.5 Å². The topological polar surface area (TPSA) is 49.9 Å². The predicted octanol–water partition coefficient (Wildman–Crippen LogP) is 4.11. The summed E-state index contributed by atoms with van der Waals surface area (Å²) in [5, 5.41) is 0. The molecule has 0 aromatic heterocycles. The summed E-state index contributed by atoms with van der Waals surface area (Å²) in [5.41, 5.74) is 1.62. The fourth-order valence-electron chi connectivity index (χ4n) is 2.98. The lowest BCUT2D eigenvalue weighted by molar-refractivity contribution is -0.108. The number of ether oxygens (including phenoxy) is 1. The van der Waals surface area contributed by atoms with Gasteiger partial charge in [-0.25, -0.2) is 4.79 Å². The second kappa shape index (κ2) is 7.70. The summed E-state index contributed by atoms with van der Waals surface area (Å²) in [5.74, 6) is 0.823. The molecule has 1 aliphatic heterocycles. The van der Waals surface area contributed by atoms with Crippen molar-refractivity contribution in [3.05, 3.63) is 53.0 Å². The average molecular weight is 403 g/mol. The third-order valence-electron chi connectivity index (χ3n) is 4.30. The van der Waals surface area contributed by atoms with E-state index >= 15 is 0 Å². The molecule has 0 bridgehead atoms. The van der Waals surface area contributed by atoms with Crippen LogP contribution in [0.1, 0.15) is 6.42 Å². The van der Waals surface area contributed by atoms with E-state index in [1.54, 1.807) is 16.9 Å². The van der Waals surface area contributed by atoms with Crippen LogP contribution >= 0.6 is 15.9 Å². The number of aldehydes is 1. The maximum Gasteiger partial charge on any atom is 0.328 e. The number of carbonyl (C=O) groups is 2. The van der Waals surface area contributed by atoms with Gasteiger partial charge in [0, 0.05) is 41.3 Å². The van der Waals surface area contributed by atoms with Crippen molar-refractivity contribution in [1.82, 2.24) is 0 Å². The van der Waals surface area contributed by atoms with E-state index < -0.39 is 0 Å². The number of hydrogen-bond donors (Lipinski definition) is 0. The van der Waals surface area contributed by atoms with Crippen LogP contribution < -0.4 is 14.5 Å². The number of carbonyl (C=O) groups excluding carboxylic acids is 2. The smallest absolute Gasteiger partial charge is 0.328 e. The third kappa shape index (κ3) is 3.85. The minimum absolute atomic E-state index is 0.0842. The Morgan fingerprint density at radius 1 is 1.04 bits per heavy atom. The largest absolute Gasteiger partial charge is 0.497 e. The highest BCUT2D eigenvalue weighted by Gasteiger charge is 2.33. The molecule has 130 valence electrons. The van der Waals surface area contributed by atoms with E-state index in [-0.39, 0.29) is 11.9 Å². The highest BCUT2D eigenvalue weighted by Crippen LogP contribution is 2.29. The van der Waals surface area contributed by atoms with Crippen molar-refractivity contribution >= 4 is 39.6 Å².